The largest absolute Gasteiger partial charge is 0.510 e. The summed E-state index contributed by atoms with van der Waals surface area (Å²) < 4.78 is 0. The van der Waals surface area contributed by atoms with Gasteiger partial charge in [0.05, 0.1) is 17.1 Å². The van der Waals surface area contributed by atoms with Crippen LogP contribution in [0.1, 0.15) is 54.2 Å². The Bertz CT molecular complexity index is 1370. The normalized spacial score (nSPS) is 29.1. The zero-order valence-electron chi connectivity index (χ0n) is 23.4. The molecule has 0 unspecified atom stereocenters. The zero-order valence-corrected chi connectivity index (χ0v) is 23.4. The van der Waals surface area contributed by atoms with Gasteiger partial charge in [-0.05, 0) is 69.6 Å². The van der Waals surface area contributed by atoms with Crippen LogP contribution in [0.25, 0.3) is 0 Å². The maximum atomic E-state index is 14.1. The molecule has 3 aliphatic rings. The van der Waals surface area contributed by atoms with Gasteiger partial charge < -0.3 is 36.8 Å². The summed E-state index contributed by atoms with van der Waals surface area (Å²) in [7, 11) is 6.83. The van der Waals surface area contributed by atoms with E-state index in [0.717, 1.165) is 5.56 Å². The number of hydrogen-bond donors (Lipinski definition) is 6. The molecule has 0 spiro atoms. The van der Waals surface area contributed by atoms with Crippen molar-refractivity contribution in [1.82, 2.24) is 9.80 Å². The summed E-state index contributed by atoms with van der Waals surface area (Å²) in [6.07, 6.45) is -0.0138. The van der Waals surface area contributed by atoms with Gasteiger partial charge in [-0.2, -0.15) is 0 Å². The molecule has 11 heteroatoms. The number of benzene rings is 1. The molecular weight excluding hydrogens is 504 g/mol. The first-order valence-electron chi connectivity index (χ1n) is 12.8. The number of fused-ring (bicyclic) bond motifs is 3. The average Bonchev–Trinajstić information content (AvgIpc) is 2.76. The number of nitrogens with two attached hydrogens (primary N) is 2. The highest BCUT2D eigenvalue weighted by atomic mass is 16.4. The fourth-order valence-electron chi connectivity index (χ4n) is 6.66. The van der Waals surface area contributed by atoms with Crippen molar-refractivity contribution in [3.05, 3.63) is 51.0 Å². The number of phenols is 1. The Morgan fingerprint density at radius 1 is 1.13 bits per heavy atom. The molecule has 39 heavy (non-hydrogen) atoms. The maximum absolute atomic E-state index is 14.1. The molecule has 0 bridgehead atoms. The second-order valence-corrected chi connectivity index (χ2v) is 12.5. The third-order valence-corrected chi connectivity index (χ3v) is 8.30. The van der Waals surface area contributed by atoms with Crippen LogP contribution < -0.4 is 11.5 Å². The number of aliphatic hydroxyl groups is 3. The molecule has 1 aromatic rings. The molecule has 0 saturated heterocycles. The van der Waals surface area contributed by atoms with E-state index in [1.807, 2.05) is 45.8 Å². The highest BCUT2D eigenvalue weighted by Gasteiger charge is 2.70. The van der Waals surface area contributed by atoms with Crippen LogP contribution in [0.5, 0.6) is 5.75 Å². The topological polar surface area (TPSA) is 191 Å². The fraction of sp³-hybridized carbons (Fsp3) is 0.536. The Morgan fingerprint density at radius 3 is 2.21 bits per heavy atom. The Balaban J connectivity index is 2.05. The lowest BCUT2D eigenvalue weighted by Gasteiger charge is -2.56. The van der Waals surface area contributed by atoms with Crippen molar-refractivity contribution in [3.8, 4) is 5.75 Å². The molecule has 212 valence electrons. The predicted molar refractivity (Wildman–Crippen MR) is 143 cm³/mol. The molecule has 0 fully saturated rings. The van der Waals surface area contributed by atoms with Gasteiger partial charge in [0.15, 0.2) is 5.78 Å². The fourth-order valence-corrected chi connectivity index (χ4v) is 6.66. The maximum Gasteiger partial charge on any atom is 0.255 e. The lowest BCUT2D eigenvalue weighted by molar-refractivity contribution is -0.152. The van der Waals surface area contributed by atoms with Crippen molar-refractivity contribution < 1.29 is 34.8 Å². The highest BCUT2D eigenvalue weighted by Crippen LogP contribution is 2.54. The number of nitrogens with zero attached hydrogens (tertiary/aromatic N) is 2. The van der Waals surface area contributed by atoms with E-state index in [0.29, 0.717) is 17.7 Å². The molecule has 1 amide bonds. The van der Waals surface area contributed by atoms with Crippen molar-refractivity contribution in [1.29, 1.82) is 0 Å². The molecule has 4 atom stereocenters. The first-order chi connectivity index (χ1) is 17.8. The van der Waals surface area contributed by atoms with Crippen molar-refractivity contribution in [2.45, 2.75) is 62.8 Å². The van der Waals surface area contributed by atoms with Crippen LogP contribution >= 0.6 is 0 Å². The van der Waals surface area contributed by atoms with Gasteiger partial charge >= 0.3 is 0 Å². The molecule has 0 radical (unpaired) electrons. The lowest BCUT2D eigenvalue weighted by atomic mass is 9.54. The standard InChI is InChI=1S/C28H38N4O7/c1-26(2,3)15-9-13(11-31(4)5)14-8-12-10-27(30)22(32(6)7)21(35)18(25(29)38)24(37)28(27,39)23(36)16(12)20(34)17(14)19(15)33/h9,12,22,33,35-36,39H,8,10-11,30H2,1-7H3,(H2,29,38)/t12-,22+,27+,28-/m0/s1. The minimum absolute atomic E-state index is 0.00567. The number of likely N-dealkylation sites (N-methyl/N-ethyl adjacent to an activating group) is 1. The molecule has 0 saturated carbocycles. The van der Waals surface area contributed by atoms with Crippen LogP contribution in [0, 0.1) is 5.92 Å². The number of rotatable bonds is 4. The third-order valence-electron chi connectivity index (χ3n) is 8.30. The summed E-state index contributed by atoms with van der Waals surface area (Å²) in [6, 6.07) is 0.592. The van der Waals surface area contributed by atoms with Crippen LogP contribution in [0.4, 0.5) is 0 Å². The Kier molecular flexibility index (Phi) is 6.55. The Morgan fingerprint density at radius 2 is 1.72 bits per heavy atom. The quantitative estimate of drug-likeness (QED) is 0.293. The number of carbonyl (C=O) groups excluding carboxylic acids is 3. The van der Waals surface area contributed by atoms with E-state index in [1.54, 1.807) is 0 Å². The van der Waals surface area contributed by atoms with E-state index < -0.39 is 63.1 Å². The molecule has 1 aromatic carbocycles. The van der Waals surface area contributed by atoms with Gasteiger partial charge in [-0.1, -0.05) is 20.8 Å². The molecule has 4 rings (SSSR count). The van der Waals surface area contributed by atoms with Gasteiger partial charge in [0.2, 0.25) is 11.4 Å². The Labute approximate surface area is 227 Å². The van der Waals surface area contributed by atoms with Crippen LogP contribution in [0.3, 0.4) is 0 Å². The molecule has 11 nitrogen and oxygen atoms in total. The highest BCUT2D eigenvalue weighted by molar-refractivity contribution is 6.25. The minimum Gasteiger partial charge on any atom is -0.510 e. The summed E-state index contributed by atoms with van der Waals surface area (Å²) in [6.45, 7) is 6.18. The SMILES string of the molecule is CN(C)Cc1cc(C(C)(C)C)c(O)c2c1C[C@H]1C[C@@]3(N)[C@H](N(C)C)C(O)=C(C(N)=O)C(=O)[C@@]3(O)C(O)=C1C2=O. The smallest absolute Gasteiger partial charge is 0.255 e. The lowest BCUT2D eigenvalue weighted by Crippen LogP contribution is -2.79. The van der Waals surface area contributed by atoms with Crippen LogP contribution in [0.2, 0.25) is 0 Å². The zero-order chi connectivity index (χ0) is 29.6. The van der Waals surface area contributed by atoms with E-state index in [2.05, 4.69) is 0 Å². The van der Waals surface area contributed by atoms with Gasteiger partial charge in [-0.25, -0.2) is 0 Å². The van der Waals surface area contributed by atoms with E-state index in [4.69, 9.17) is 11.5 Å². The van der Waals surface area contributed by atoms with Gasteiger partial charge in [-0.15, -0.1) is 0 Å². The number of ketones is 2. The number of aromatic hydroxyl groups is 1. The van der Waals surface area contributed by atoms with Crippen molar-refractivity contribution >= 4 is 17.5 Å². The summed E-state index contributed by atoms with van der Waals surface area (Å²) in [4.78, 5) is 43.2. The Hall–Kier alpha value is -3.25. The number of carbonyl (C=O) groups is 3. The van der Waals surface area contributed by atoms with Crippen molar-refractivity contribution in [3.63, 3.8) is 0 Å². The number of Topliss-reactive ketones (excluding diaryl/α,β-unsaturated/α-hetero) is 2. The number of aliphatic hydroxyl groups excluding tert-OH is 2. The van der Waals surface area contributed by atoms with Crippen LogP contribution in [0.15, 0.2) is 28.7 Å². The molecule has 3 aliphatic carbocycles. The van der Waals surface area contributed by atoms with Gasteiger partial charge in [0.1, 0.15) is 22.8 Å². The van der Waals surface area contributed by atoms with E-state index in [-0.39, 0.29) is 29.7 Å². The van der Waals surface area contributed by atoms with E-state index in [1.165, 1.54) is 19.0 Å². The first-order valence-corrected chi connectivity index (χ1v) is 12.8. The van der Waals surface area contributed by atoms with E-state index >= 15 is 0 Å². The van der Waals surface area contributed by atoms with Crippen molar-refractivity contribution in [2.75, 3.05) is 28.2 Å². The van der Waals surface area contributed by atoms with Crippen molar-refractivity contribution in [2.24, 2.45) is 17.4 Å². The second-order valence-electron chi connectivity index (χ2n) is 12.5. The number of hydrogen-bond acceptors (Lipinski definition) is 10. The number of amides is 1. The van der Waals surface area contributed by atoms with Gasteiger partial charge in [0, 0.05) is 17.7 Å². The number of phenolic OH excluding ortho intramolecular Hbond substituents is 1. The predicted octanol–water partition coefficient (Wildman–Crippen LogP) is 0.561. The monoisotopic (exact) mass is 542 g/mol. The summed E-state index contributed by atoms with van der Waals surface area (Å²) in [5, 5.41) is 45.7. The third kappa shape index (κ3) is 3.82. The first kappa shape index (κ1) is 28.8. The molecule has 0 aromatic heterocycles. The molecule has 8 N–H and O–H groups in total. The van der Waals surface area contributed by atoms with Crippen LogP contribution in [-0.4, -0.2) is 93.1 Å². The minimum atomic E-state index is -2.93. The summed E-state index contributed by atoms with van der Waals surface area (Å²) in [5.41, 5.74) is 7.48. The summed E-state index contributed by atoms with van der Waals surface area (Å²) in [5.74, 6) is -6.09. The summed E-state index contributed by atoms with van der Waals surface area (Å²) >= 11 is 0. The van der Waals surface area contributed by atoms with Crippen LogP contribution in [-0.2, 0) is 28.0 Å². The average molecular weight is 543 g/mol. The van der Waals surface area contributed by atoms with E-state index in [9.17, 15) is 34.8 Å². The molecule has 0 aliphatic heterocycles. The number of primary amides is 1. The number of allylic oxidation sites excluding steroid dienone is 1. The molecular formula is C28H38N4O7. The second kappa shape index (κ2) is 8.88. The van der Waals surface area contributed by atoms with Gasteiger partial charge in [-0.3, -0.25) is 19.3 Å². The van der Waals surface area contributed by atoms with Gasteiger partial charge in [0.25, 0.3) is 5.91 Å². The molecule has 0 heterocycles.